The number of amides is 2. The van der Waals surface area contributed by atoms with E-state index in [1.807, 2.05) is 11.8 Å². The fourth-order valence-corrected chi connectivity index (χ4v) is 3.28. The molecule has 2 heterocycles. The molecule has 1 aliphatic heterocycles. The van der Waals surface area contributed by atoms with Gasteiger partial charge in [0.15, 0.2) is 5.13 Å². The van der Waals surface area contributed by atoms with Crippen LogP contribution in [0.1, 0.15) is 44.4 Å². The summed E-state index contributed by atoms with van der Waals surface area (Å²) in [6.07, 6.45) is 5.89. The number of rotatable bonds is 5. The molecular formula is C15H23N3O2S. The van der Waals surface area contributed by atoms with Crippen LogP contribution in [-0.2, 0) is 16.0 Å². The molecule has 5 nitrogen and oxygen atoms in total. The first kappa shape index (κ1) is 15.9. The molecule has 116 valence electrons. The molecule has 21 heavy (non-hydrogen) atoms. The van der Waals surface area contributed by atoms with E-state index in [4.69, 9.17) is 0 Å². The fourth-order valence-electron chi connectivity index (χ4n) is 2.53. The van der Waals surface area contributed by atoms with Crippen LogP contribution in [-0.4, -0.2) is 34.8 Å². The third-order valence-electron chi connectivity index (χ3n) is 3.74. The van der Waals surface area contributed by atoms with Gasteiger partial charge in [-0.2, -0.15) is 0 Å². The number of likely N-dealkylation sites (tertiary alicyclic amines) is 1. The molecule has 0 aliphatic carbocycles. The molecule has 1 aromatic heterocycles. The second-order valence-electron chi connectivity index (χ2n) is 5.40. The van der Waals surface area contributed by atoms with Crippen LogP contribution >= 0.6 is 11.3 Å². The number of carbonyl (C=O) groups excluding carboxylic acids is 2. The normalized spacial score (nSPS) is 18.6. The number of thiazole rings is 1. The summed E-state index contributed by atoms with van der Waals surface area (Å²) >= 11 is 1.52. The van der Waals surface area contributed by atoms with E-state index < -0.39 is 0 Å². The Bertz CT molecular complexity index is 501. The smallest absolute Gasteiger partial charge is 0.231 e. The fraction of sp³-hybridized carbons (Fsp3) is 0.667. The van der Waals surface area contributed by atoms with Crippen molar-refractivity contribution in [1.82, 2.24) is 9.88 Å². The summed E-state index contributed by atoms with van der Waals surface area (Å²) in [5.74, 6) is 0.0343. The van der Waals surface area contributed by atoms with Crippen molar-refractivity contribution in [2.45, 2.75) is 46.0 Å². The summed E-state index contributed by atoms with van der Waals surface area (Å²) in [7, 11) is 0. The summed E-state index contributed by atoms with van der Waals surface area (Å²) in [4.78, 5) is 31.5. The Morgan fingerprint density at radius 3 is 2.95 bits per heavy atom. The lowest BCUT2D eigenvalue weighted by Gasteiger charge is -2.31. The van der Waals surface area contributed by atoms with Gasteiger partial charge in [-0.15, -0.1) is 11.3 Å². The molecule has 1 unspecified atom stereocenters. The Kier molecular flexibility index (Phi) is 5.73. The molecule has 0 aromatic carbocycles. The highest BCUT2D eigenvalue weighted by molar-refractivity contribution is 7.15. The molecular weight excluding hydrogens is 286 g/mol. The van der Waals surface area contributed by atoms with Crippen LogP contribution in [0.25, 0.3) is 0 Å². The Morgan fingerprint density at radius 1 is 1.48 bits per heavy atom. The number of nitrogens with zero attached hydrogens (tertiary/aromatic N) is 2. The van der Waals surface area contributed by atoms with Gasteiger partial charge >= 0.3 is 0 Å². The summed E-state index contributed by atoms with van der Waals surface area (Å²) in [5.41, 5.74) is 0. The van der Waals surface area contributed by atoms with E-state index in [1.165, 1.54) is 11.3 Å². The van der Waals surface area contributed by atoms with Crippen LogP contribution < -0.4 is 5.32 Å². The molecule has 1 N–H and O–H groups in total. The van der Waals surface area contributed by atoms with Crippen LogP contribution in [0.15, 0.2) is 6.20 Å². The largest absolute Gasteiger partial charge is 0.342 e. The Labute approximate surface area is 129 Å². The quantitative estimate of drug-likeness (QED) is 0.909. The van der Waals surface area contributed by atoms with Gasteiger partial charge in [-0.25, -0.2) is 4.98 Å². The predicted molar refractivity (Wildman–Crippen MR) is 84.3 cm³/mol. The second-order valence-corrected chi connectivity index (χ2v) is 6.52. The van der Waals surface area contributed by atoms with Crippen molar-refractivity contribution in [2.24, 2.45) is 5.92 Å². The standard InChI is InChI=1S/C15H23N3O2S/c1-3-6-13(19)18-8-5-7-11(10-18)14(20)17-15-16-9-12(4-2)21-15/h9,11H,3-8,10H2,1-2H3,(H,16,17,20). The highest BCUT2D eigenvalue weighted by Gasteiger charge is 2.28. The van der Waals surface area contributed by atoms with Gasteiger partial charge in [-0.3, -0.25) is 9.59 Å². The second kappa shape index (κ2) is 7.54. The molecule has 1 aromatic rings. The number of carbonyl (C=O) groups is 2. The molecule has 6 heteroatoms. The van der Waals surface area contributed by atoms with E-state index in [0.29, 0.717) is 18.1 Å². The van der Waals surface area contributed by atoms with Gasteiger partial charge in [0.05, 0.1) is 5.92 Å². The Balaban J connectivity index is 1.91. The molecule has 0 saturated carbocycles. The van der Waals surface area contributed by atoms with Crippen molar-refractivity contribution in [2.75, 3.05) is 18.4 Å². The summed E-state index contributed by atoms with van der Waals surface area (Å²) in [6.45, 7) is 5.38. The van der Waals surface area contributed by atoms with Crippen molar-refractivity contribution < 1.29 is 9.59 Å². The van der Waals surface area contributed by atoms with E-state index >= 15 is 0 Å². The van der Waals surface area contributed by atoms with Crippen molar-refractivity contribution in [1.29, 1.82) is 0 Å². The number of aryl methyl sites for hydroxylation is 1. The minimum absolute atomic E-state index is 0.0130. The van der Waals surface area contributed by atoms with Gasteiger partial charge in [-0.05, 0) is 25.7 Å². The Morgan fingerprint density at radius 2 is 2.29 bits per heavy atom. The summed E-state index contributed by atoms with van der Waals surface area (Å²) < 4.78 is 0. The maximum absolute atomic E-state index is 12.3. The number of piperidine rings is 1. The number of anilines is 1. The molecule has 0 bridgehead atoms. The zero-order valence-corrected chi connectivity index (χ0v) is 13.5. The summed E-state index contributed by atoms with van der Waals surface area (Å²) in [5, 5.41) is 3.55. The van der Waals surface area contributed by atoms with Crippen molar-refractivity contribution >= 4 is 28.3 Å². The van der Waals surface area contributed by atoms with Gasteiger partial charge in [0, 0.05) is 30.6 Å². The van der Waals surface area contributed by atoms with Crippen LogP contribution in [0.3, 0.4) is 0 Å². The molecule has 1 saturated heterocycles. The van der Waals surface area contributed by atoms with Gasteiger partial charge in [-0.1, -0.05) is 13.8 Å². The van der Waals surface area contributed by atoms with Gasteiger partial charge < -0.3 is 10.2 Å². The zero-order chi connectivity index (χ0) is 15.2. The number of hydrogen-bond donors (Lipinski definition) is 1. The van der Waals surface area contributed by atoms with E-state index in [9.17, 15) is 9.59 Å². The number of nitrogens with one attached hydrogen (secondary N) is 1. The first-order valence-corrected chi connectivity index (χ1v) is 8.49. The molecule has 2 rings (SSSR count). The minimum atomic E-state index is -0.117. The first-order valence-electron chi connectivity index (χ1n) is 7.67. The van der Waals surface area contributed by atoms with Crippen LogP contribution in [0, 0.1) is 5.92 Å². The number of aromatic nitrogens is 1. The van der Waals surface area contributed by atoms with Crippen LogP contribution in [0.4, 0.5) is 5.13 Å². The first-order chi connectivity index (χ1) is 10.1. The lowest BCUT2D eigenvalue weighted by Crippen LogP contribution is -2.43. The molecule has 0 radical (unpaired) electrons. The third-order valence-corrected chi connectivity index (χ3v) is 4.80. The Hall–Kier alpha value is -1.43. The predicted octanol–water partition coefficient (Wildman–Crippen LogP) is 2.68. The lowest BCUT2D eigenvalue weighted by atomic mass is 9.97. The molecule has 1 fully saturated rings. The van der Waals surface area contributed by atoms with Gasteiger partial charge in [0.2, 0.25) is 11.8 Å². The van der Waals surface area contributed by atoms with E-state index in [-0.39, 0.29) is 17.7 Å². The average molecular weight is 309 g/mol. The molecule has 2 amide bonds. The maximum Gasteiger partial charge on any atom is 0.231 e. The lowest BCUT2D eigenvalue weighted by molar-refractivity contribution is -0.134. The van der Waals surface area contributed by atoms with E-state index in [1.54, 1.807) is 6.20 Å². The van der Waals surface area contributed by atoms with Crippen molar-refractivity contribution in [3.8, 4) is 0 Å². The highest BCUT2D eigenvalue weighted by atomic mass is 32.1. The molecule has 1 atom stereocenters. The van der Waals surface area contributed by atoms with Crippen LogP contribution in [0.2, 0.25) is 0 Å². The monoisotopic (exact) mass is 309 g/mol. The highest BCUT2D eigenvalue weighted by Crippen LogP contribution is 2.22. The summed E-state index contributed by atoms with van der Waals surface area (Å²) in [6, 6.07) is 0. The van der Waals surface area contributed by atoms with E-state index in [0.717, 1.165) is 37.1 Å². The third kappa shape index (κ3) is 4.27. The SMILES string of the molecule is CCCC(=O)N1CCCC(C(=O)Nc2ncc(CC)s2)C1. The average Bonchev–Trinajstić information content (AvgIpc) is 2.95. The maximum atomic E-state index is 12.3. The topological polar surface area (TPSA) is 62.3 Å². The van der Waals surface area contributed by atoms with Gasteiger partial charge in [0.1, 0.15) is 0 Å². The molecule has 1 aliphatic rings. The number of hydrogen-bond acceptors (Lipinski definition) is 4. The molecule has 0 spiro atoms. The minimum Gasteiger partial charge on any atom is -0.342 e. The van der Waals surface area contributed by atoms with Crippen molar-refractivity contribution in [3.63, 3.8) is 0 Å². The van der Waals surface area contributed by atoms with Crippen LogP contribution in [0.5, 0.6) is 0 Å². The van der Waals surface area contributed by atoms with E-state index in [2.05, 4.69) is 17.2 Å². The van der Waals surface area contributed by atoms with Crippen molar-refractivity contribution in [3.05, 3.63) is 11.1 Å². The van der Waals surface area contributed by atoms with Gasteiger partial charge in [0.25, 0.3) is 0 Å². The zero-order valence-electron chi connectivity index (χ0n) is 12.7.